The highest BCUT2D eigenvalue weighted by molar-refractivity contribution is 9.10. The first-order valence-corrected chi connectivity index (χ1v) is 5.18. The highest BCUT2D eigenvalue weighted by Gasteiger charge is 2.18. The number of pyridine rings is 1. The van der Waals surface area contributed by atoms with Gasteiger partial charge in [0.05, 0.1) is 16.9 Å². The summed E-state index contributed by atoms with van der Waals surface area (Å²) in [5, 5.41) is 10.9. The minimum Gasteiger partial charge on any atom is -0.481 e. The molecule has 1 aromatic rings. The number of hydrogen-bond donors (Lipinski definition) is 3. The van der Waals surface area contributed by atoms with Crippen molar-refractivity contribution in [3.05, 3.63) is 22.8 Å². The zero-order valence-corrected chi connectivity index (χ0v) is 9.77. The topological polar surface area (TPSA) is 105 Å². The first-order valence-electron chi connectivity index (χ1n) is 4.39. The van der Waals surface area contributed by atoms with Crippen molar-refractivity contribution in [2.24, 2.45) is 5.73 Å². The van der Waals surface area contributed by atoms with Gasteiger partial charge in [-0.3, -0.25) is 9.59 Å². The fraction of sp³-hybridized carbons (Fsp3) is 0.222. The van der Waals surface area contributed by atoms with E-state index in [4.69, 9.17) is 10.8 Å². The molecule has 0 saturated carbocycles. The number of hydrogen-bond acceptors (Lipinski definition) is 4. The molecule has 0 aliphatic rings. The van der Waals surface area contributed by atoms with Gasteiger partial charge in [0.1, 0.15) is 5.82 Å². The fourth-order valence-electron chi connectivity index (χ4n) is 0.968. The van der Waals surface area contributed by atoms with Crippen molar-refractivity contribution >= 4 is 33.6 Å². The van der Waals surface area contributed by atoms with Crippen molar-refractivity contribution in [1.29, 1.82) is 0 Å². The smallest absolute Gasteiger partial charge is 0.305 e. The summed E-state index contributed by atoms with van der Waals surface area (Å²) in [7, 11) is 0. The molecule has 6 nitrogen and oxygen atoms in total. The maximum absolute atomic E-state index is 11.4. The summed E-state index contributed by atoms with van der Waals surface area (Å²) >= 11 is 3.19. The third kappa shape index (κ3) is 3.59. The molecule has 0 aromatic carbocycles. The van der Waals surface area contributed by atoms with E-state index in [1.807, 2.05) is 0 Å². The summed E-state index contributed by atoms with van der Waals surface area (Å²) in [6.45, 7) is 0. The molecule has 86 valence electrons. The number of carbonyl (C=O) groups is 2. The van der Waals surface area contributed by atoms with Crippen LogP contribution in [-0.2, 0) is 9.59 Å². The Labute approximate surface area is 100.0 Å². The third-order valence-corrected chi connectivity index (χ3v) is 2.37. The Bertz CT molecular complexity index is 411. The number of aliphatic carboxylic acids is 1. The van der Waals surface area contributed by atoms with Crippen molar-refractivity contribution in [2.45, 2.75) is 12.5 Å². The van der Waals surface area contributed by atoms with Crippen LogP contribution in [-0.4, -0.2) is 28.0 Å². The van der Waals surface area contributed by atoms with Crippen molar-refractivity contribution in [1.82, 2.24) is 4.98 Å². The van der Waals surface area contributed by atoms with Crippen molar-refractivity contribution in [3.8, 4) is 0 Å². The molecule has 1 aromatic heterocycles. The molecule has 16 heavy (non-hydrogen) atoms. The summed E-state index contributed by atoms with van der Waals surface area (Å²) in [6, 6.07) is 2.30. The molecule has 1 atom stereocenters. The number of nitrogens with zero attached hydrogens (tertiary/aromatic N) is 1. The number of carboxylic acids is 1. The van der Waals surface area contributed by atoms with Crippen LogP contribution >= 0.6 is 15.9 Å². The Morgan fingerprint density at radius 1 is 1.62 bits per heavy atom. The molecular weight excluding hydrogens is 278 g/mol. The molecule has 0 fully saturated rings. The average Bonchev–Trinajstić information content (AvgIpc) is 2.20. The largest absolute Gasteiger partial charge is 0.481 e. The van der Waals surface area contributed by atoms with Gasteiger partial charge in [-0.05, 0) is 28.1 Å². The number of anilines is 1. The summed E-state index contributed by atoms with van der Waals surface area (Å²) in [5.41, 5.74) is 5.38. The second-order valence-electron chi connectivity index (χ2n) is 3.03. The lowest BCUT2D eigenvalue weighted by Gasteiger charge is -2.10. The molecule has 1 amide bonds. The monoisotopic (exact) mass is 287 g/mol. The van der Waals surface area contributed by atoms with Gasteiger partial charge in [-0.15, -0.1) is 0 Å². The average molecular weight is 288 g/mol. The van der Waals surface area contributed by atoms with Gasteiger partial charge >= 0.3 is 5.97 Å². The van der Waals surface area contributed by atoms with Crippen molar-refractivity contribution < 1.29 is 14.7 Å². The second-order valence-corrected chi connectivity index (χ2v) is 3.88. The van der Waals surface area contributed by atoms with Crippen LogP contribution in [0.5, 0.6) is 0 Å². The summed E-state index contributed by atoms with van der Waals surface area (Å²) in [6.07, 6.45) is 1.08. The van der Waals surface area contributed by atoms with Crippen LogP contribution in [0.4, 0.5) is 5.82 Å². The normalized spacial score (nSPS) is 11.9. The van der Waals surface area contributed by atoms with E-state index in [0.29, 0.717) is 10.3 Å². The van der Waals surface area contributed by atoms with E-state index >= 15 is 0 Å². The van der Waals surface area contributed by atoms with Crippen LogP contribution in [0.1, 0.15) is 6.42 Å². The lowest BCUT2D eigenvalue weighted by Crippen LogP contribution is -2.37. The minimum atomic E-state index is -1.12. The first-order chi connectivity index (χ1) is 7.50. The molecule has 1 rings (SSSR count). The van der Waals surface area contributed by atoms with Crippen LogP contribution in [0.3, 0.4) is 0 Å². The predicted octanol–water partition coefficient (Wildman–Crippen LogP) is 0.585. The van der Waals surface area contributed by atoms with Crippen molar-refractivity contribution in [2.75, 3.05) is 5.32 Å². The minimum absolute atomic E-state index is 0.313. The van der Waals surface area contributed by atoms with Crippen LogP contribution in [0.15, 0.2) is 22.8 Å². The van der Waals surface area contributed by atoms with E-state index in [1.54, 1.807) is 12.1 Å². The van der Waals surface area contributed by atoms with E-state index < -0.39 is 24.3 Å². The van der Waals surface area contributed by atoms with Crippen LogP contribution in [0.2, 0.25) is 0 Å². The second kappa shape index (κ2) is 5.57. The summed E-state index contributed by atoms with van der Waals surface area (Å²) in [5.74, 6) is -1.39. The molecule has 0 aliphatic carbocycles. The van der Waals surface area contributed by atoms with Gasteiger partial charge in [-0.2, -0.15) is 0 Å². The molecule has 0 saturated heterocycles. The molecule has 0 bridgehead atoms. The zero-order valence-electron chi connectivity index (χ0n) is 8.18. The van der Waals surface area contributed by atoms with Crippen LogP contribution in [0.25, 0.3) is 0 Å². The molecule has 0 aliphatic heterocycles. The quantitative estimate of drug-likeness (QED) is 0.751. The lowest BCUT2D eigenvalue weighted by atomic mass is 10.2. The van der Waals surface area contributed by atoms with Gasteiger partial charge in [0.2, 0.25) is 5.91 Å². The molecule has 4 N–H and O–H groups in total. The molecule has 0 radical (unpaired) electrons. The number of aromatic nitrogens is 1. The van der Waals surface area contributed by atoms with Crippen LogP contribution < -0.4 is 11.1 Å². The van der Waals surface area contributed by atoms with Gasteiger partial charge in [0.15, 0.2) is 0 Å². The number of nitrogens with one attached hydrogen (secondary N) is 1. The Morgan fingerprint density at radius 3 is 2.88 bits per heavy atom. The van der Waals surface area contributed by atoms with Gasteiger partial charge in [0.25, 0.3) is 0 Å². The van der Waals surface area contributed by atoms with Gasteiger partial charge in [-0.25, -0.2) is 4.98 Å². The number of carboxylic acid groups (broad SMARTS) is 1. The van der Waals surface area contributed by atoms with Gasteiger partial charge in [-0.1, -0.05) is 0 Å². The standard InChI is InChI=1S/C9H10BrN3O3/c10-5-2-1-3-12-8(5)13-9(16)6(11)4-7(14)15/h1-3,6H,4,11H2,(H,14,15)(H,12,13,16). The molecule has 7 heteroatoms. The summed E-state index contributed by atoms with van der Waals surface area (Å²) < 4.78 is 0.603. The SMILES string of the molecule is NC(CC(=O)O)C(=O)Nc1ncccc1Br. The van der Waals surface area contributed by atoms with E-state index in [-0.39, 0.29) is 0 Å². The molecule has 1 unspecified atom stereocenters. The Kier molecular flexibility index (Phi) is 4.39. The van der Waals surface area contributed by atoms with Gasteiger partial charge < -0.3 is 16.2 Å². The third-order valence-electron chi connectivity index (χ3n) is 1.73. The number of amides is 1. The van der Waals surface area contributed by atoms with E-state index in [9.17, 15) is 9.59 Å². The number of halogens is 1. The Balaban J connectivity index is 2.64. The highest BCUT2D eigenvalue weighted by atomic mass is 79.9. The number of rotatable bonds is 4. The zero-order chi connectivity index (χ0) is 12.1. The van der Waals surface area contributed by atoms with E-state index in [0.717, 1.165) is 0 Å². The molecular formula is C9H10BrN3O3. The lowest BCUT2D eigenvalue weighted by molar-refractivity contribution is -0.138. The van der Waals surface area contributed by atoms with Crippen molar-refractivity contribution in [3.63, 3.8) is 0 Å². The van der Waals surface area contributed by atoms with Crippen LogP contribution in [0, 0.1) is 0 Å². The van der Waals surface area contributed by atoms with E-state index in [1.165, 1.54) is 6.20 Å². The fourth-order valence-corrected chi connectivity index (χ4v) is 1.32. The first kappa shape index (κ1) is 12.6. The number of carbonyl (C=O) groups excluding carboxylic acids is 1. The molecule has 0 spiro atoms. The highest BCUT2D eigenvalue weighted by Crippen LogP contribution is 2.18. The maximum atomic E-state index is 11.4. The van der Waals surface area contributed by atoms with E-state index in [2.05, 4.69) is 26.2 Å². The predicted molar refractivity (Wildman–Crippen MR) is 60.8 cm³/mol. The summed E-state index contributed by atoms with van der Waals surface area (Å²) in [4.78, 5) is 25.7. The number of nitrogens with two attached hydrogens (primary N) is 1. The Morgan fingerprint density at radius 2 is 2.31 bits per heavy atom. The maximum Gasteiger partial charge on any atom is 0.305 e. The van der Waals surface area contributed by atoms with Gasteiger partial charge in [0, 0.05) is 6.20 Å². The Hall–Kier alpha value is -1.47. The molecule has 1 heterocycles.